The van der Waals surface area contributed by atoms with E-state index in [0.29, 0.717) is 25.5 Å². The fourth-order valence-corrected chi connectivity index (χ4v) is 2.46. The van der Waals surface area contributed by atoms with Crippen LogP contribution in [0.25, 0.3) is 0 Å². The number of carbonyl (C=O) groups excluding carboxylic acids is 1. The Labute approximate surface area is 113 Å². The maximum atomic E-state index is 12.5. The minimum Gasteiger partial charge on any atom is -0.459 e. The molecule has 1 amide bonds. The fourth-order valence-electron chi connectivity index (χ4n) is 2.46. The number of carbonyl (C=O) groups is 1. The molecule has 0 radical (unpaired) electrons. The average Bonchev–Trinajstić information content (AvgIpc) is 2.73. The number of amides is 1. The van der Waals surface area contributed by atoms with Gasteiger partial charge in [-0.05, 0) is 26.8 Å². The van der Waals surface area contributed by atoms with Crippen LogP contribution in [0.3, 0.4) is 0 Å². The van der Waals surface area contributed by atoms with E-state index in [1.54, 1.807) is 24.3 Å². The van der Waals surface area contributed by atoms with Gasteiger partial charge in [-0.2, -0.15) is 0 Å². The summed E-state index contributed by atoms with van der Waals surface area (Å²) >= 11 is 0. The Morgan fingerprint density at radius 3 is 2.89 bits per heavy atom. The highest BCUT2D eigenvalue weighted by atomic mass is 16.5. The van der Waals surface area contributed by atoms with Gasteiger partial charge in [-0.1, -0.05) is 0 Å². The molecule has 5 heteroatoms. The molecule has 1 aliphatic heterocycles. The second-order valence-electron chi connectivity index (χ2n) is 5.57. The van der Waals surface area contributed by atoms with Crippen LogP contribution in [0.5, 0.6) is 0 Å². The van der Waals surface area contributed by atoms with Crippen LogP contribution in [0.1, 0.15) is 30.0 Å². The first-order valence-corrected chi connectivity index (χ1v) is 6.43. The summed E-state index contributed by atoms with van der Waals surface area (Å²) in [5.74, 6) is 0.328. The molecule has 1 atom stereocenters. The van der Waals surface area contributed by atoms with Gasteiger partial charge >= 0.3 is 0 Å². The summed E-state index contributed by atoms with van der Waals surface area (Å²) in [6.45, 7) is 7.37. The molecule has 106 valence electrons. The SMILES string of the molecule is COC[C@@H]1CN(C(=O)c2occc2C)CC(C)(C)O1. The van der Waals surface area contributed by atoms with E-state index in [1.807, 2.05) is 20.8 Å². The van der Waals surface area contributed by atoms with Gasteiger partial charge in [0, 0.05) is 25.8 Å². The Hall–Kier alpha value is -1.33. The topological polar surface area (TPSA) is 51.9 Å². The van der Waals surface area contributed by atoms with Gasteiger partial charge in [-0.25, -0.2) is 0 Å². The Balaban J connectivity index is 2.15. The normalized spacial score (nSPS) is 22.5. The number of aryl methyl sites for hydroxylation is 1. The summed E-state index contributed by atoms with van der Waals surface area (Å²) in [4.78, 5) is 14.2. The molecule has 19 heavy (non-hydrogen) atoms. The largest absolute Gasteiger partial charge is 0.459 e. The zero-order valence-corrected chi connectivity index (χ0v) is 11.9. The lowest BCUT2D eigenvalue weighted by atomic mass is 10.0. The third kappa shape index (κ3) is 3.16. The molecule has 0 spiro atoms. The lowest BCUT2D eigenvalue weighted by molar-refractivity contribution is -0.143. The molecule has 1 fully saturated rings. The lowest BCUT2D eigenvalue weighted by Crippen LogP contribution is -2.55. The highest BCUT2D eigenvalue weighted by molar-refractivity contribution is 5.93. The molecule has 1 aromatic rings. The van der Waals surface area contributed by atoms with Gasteiger partial charge in [0.05, 0.1) is 24.6 Å². The van der Waals surface area contributed by atoms with Crippen LogP contribution in [0.2, 0.25) is 0 Å². The van der Waals surface area contributed by atoms with E-state index in [4.69, 9.17) is 13.9 Å². The lowest BCUT2D eigenvalue weighted by Gasteiger charge is -2.42. The minimum atomic E-state index is -0.377. The predicted molar refractivity (Wildman–Crippen MR) is 70.2 cm³/mol. The van der Waals surface area contributed by atoms with E-state index < -0.39 is 0 Å². The number of hydrogen-bond acceptors (Lipinski definition) is 4. The van der Waals surface area contributed by atoms with E-state index in [9.17, 15) is 4.79 Å². The molecule has 1 aliphatic rings. The van der Waals surface area contributed by atoms with E-state index in [1.165, 1.54) is 0 Å². The summed E-state index contributed by atoms with van der Waals surface area (Å²) in [5.41, 5.74) is 0.482. The second-order valence-corrected chi connectivity index (χ2v) is 5.57. The first kappa shape index (κ1) is 14.1. The highest BCUT2D eigenvalue weighted by Gasteiger charge is 2.36. The number of rotatable bonds is 3. The molecular formula is C14H21NO4. The minimum absolute atomic E-state index is 0.0834. The first-order chi connectivity index (χ1) is 8.93. The van der Waals surface area contributed by atoms with Crippen molar-refractivity contribution in [3.8, 4) is 0 Å². The number of nitrogens with zero attached hydrogens (tertiary/aromatic N) is 1. The summed E-state index contributed by atoms with van der Waals surface area (Å²) in [6.07, 6.45) is 1.44. The highest BCUT2D eigenvalue weighted by Crippen LogP contribution is 2.23. The van der Waals surface area contributed by atoms with Gasteiger partial charge in [0.1, 0.15) is 0 Å². The van der Waals surface area contributed by atoms with Crippen molar-refractivity contribution in [2.75, 3.05) is 26.8 Å². The van der Waals surface area contributed by atoms with Gasteiger partial charge < -0.3 is 18.8 Å². The van der Waals surface area contributed by atoms with E-state index in [0.717, 1.165) is 5.56 Å². The van der Waals surface area contributed by atoms with Crippen LogP contribution < -0.4 is 0 Å². The maximum Gasteiger partial charge on any atom is 0.290 e. The molecule has 0 aliphatic carbocycles. The van der Waals surface area contributed by atoms with Gasteiger partial charge in [0.15, 0.2) is 5.76 Å². The molecule has 5 nitrogen and oxygen atoms in total. The second kappa shape index (κ2) is 5.35. The zero-order chi connectivity index (χ0) is 14.0. The summed E-state index contributed by atoms with van der Waals surface area (Å²) in [5, 5.41) is 0. The Bertz CT molecular complexity index is 452. The number of hydrogen-bond donors (Lipinski definition) is 0. The Kier molecular flexibility index (Phi) is 3.96. The molecular weight excluding hydrogens is 246 g/mol. The molecule has 0 unspecified atom stereocenters. The average molecular weight is 267 g/mol. The third-order valence-corrected chi connectivity index (χ3v) is 3.18. The van der Waals surface area contributed by atoms with E-state index in [-0.39, 0.29) is 17.6 Å². The molecule has 0 aromatic carbocycles. The van der Waals surface area contributed by atoms with Crippen LogP contribution in [0.4, 0.5) is 0 Å². The Morgan fingerprint density at radius 2 is 2.32 bits per heavy atom. The van der Waals surface area contributed by atoms with Crippen molar-refractivity contribution in [1.82, 2.24) is 4.90 Å². The van der Waals surface area contributed by atoms with Crippen molar-refractivity contribution < 1.29 is 18.7 Å². The number of ether oxygens (including phenoxy) is 2. The van der Waals surface area contributed by atoms with Gasteiger partial charge in [-0.15, -0.1) is 0 Å². The molecule has 0 N–H and O–H groups in total. The smallest absolute Gasteiger partial charge is 0.290 e. The van der Waals surface area contributed by atoms with E-state index in [2.05, 4.69) is 0 Å². The van der Waals surface area contributed by atoms with Crippen LogP contribution in [0.15, 0.2) is 16.7 Å². The van der Waals surface area contributed by atoms with Crippen molar-refractivity contribution >= 4 is 5.91 Å². The van der Waals surface area contributed by atoms with E-state index >= 15 is 0 Å². The van der Waals surface area contributed by atoms with Crippen LogP contribution in [-0.2, 0) is 9.47 Å². The molecule has 0 bridgehead atoms. The van der Waals surface area contributed by atoms with Crippen molar-refractivity contribution in [3.05, 3.63) is 23.7 Å². The maximum absolute atomic E-state index is 12.5. The summed E-state index contributed by atoms with van der Waals surface area (Å²) < 4.78 is 16.3. The number of morpholine rings is 1. The van der Waals surface area contributed by atoms with Crippen LogP contribution in [0, 0.1) is 6.92 Å². The molecule has 2 heterocycles. The molecule has 2 rings (SSSR count). The molecule has 1 saturated heterocycles. The van der Waals surface area contributed by atoms with Crippen LogP contribution in [-0.4, -0.2) is 49.3 Å². The summed E-state index contributed by atoms with van der Waals surface area (Å²) in [6, 6.07) is 1.80. The third-order valence-electron chi connectivity index (χ3n) is 3.18. The van der Waals surface area contributed by atoms with Crippen molar-refractivity contribution in [3.63, 3.8) is 0 Å². The number of methoxy groups -OCH3 is 1. The van der Waals surface area contributed by atoms with Gasteiger partial charge in [0.25, 0.3) is 5.91 Å². The zero-order valence-electron chi connectivity index (χ0n) is 11.9. The van der Waals surface area contributed by atoms with Crippen molar-refractivity contribution in [1.29, 1.82) is 0 Å². The monoisotopic (exact) mass is 267 g/mol. The van der Waals surface area contributed by atoms with Crippen molar-refractivity contribution in [2.24, 2.45) is 0 Å². The predicted octanol–water partition coefficient (Wildman–Crippen LogP) is 1.85. The standard InChI is InChI=1S/C14H21NO4/c1-10-5-6-18-12(10)13(16)15-7-11(8-17-4)19-14(2,3)9-15/h5-6,11H,7-9H2,1-4H3/t11-/m0/s1. The fraction of sp³-hybridized carbons (Fsp3) is 0.643. The Morgan fingerprint density at radius 1 is 1.58 bits per heavy atom. The van der Waals surface area contributed by atoms with Crippen molar-refractivity contribution in [2.45, 2.75) is 32.5 Å². The van der Waals surface area contributed by atoms with Gasteiger partial charge in [0.2, 0.25) is 0 Å². The van der Waals surface area contributed by atoms with Gasteiger partial charge in [-0.3, -0.25) is 4.79 Å². The van der Waals surface area contributed by atoms with Crippen LogP contribution >= 0.6 is 0 Å². The molecule has 1 aromatic heterocycles. The molecule has 0 saturated carbocycles. The number of furan rings is 1. The quantitative estimate of drug-likeness (QED) is 0.838. The summed E-state index contributed by atoms with van der Waals surface area (Å²) in [7, 11) is 1.63. The first-order valence-electron chi connectivity index (χ1n) is 6.43.